The molecule has 0 fully saturated rings. The average molecular weight is 335 g/mol. The second-order valence-electron chi connectivity index (χ2n) is 7.08. The molecule has 4 nitrogen and oxygen atoms in total. The van der Waals surface area contributed by atoms with Gasteiger partial charge in [-0.15, -0.1) is 0 Å². The van der Waals surface area contributed by atoms with Gasteiger partial charge < -0.3 is 9.94 Å². The zero-order valence-corrected chi connectivity index (χ0v) is 15.2. The Hall–Kier alpha value is -1.13. The van der Waals surface area contributed by atoms with Crippen molar-refractivity contribution in [3.63, 3.8) is 0 Å². The van der Waals surface area contributed by atoms with Crippen molar-refractivity contribution in [3.8, 4) is 0 Å². The highest BCUT2D eigenvalue weighted by atomic mass is 16.6. The lowest BCUT2D eigenvalue weighted by atomic mass is 9.73. The minimum absolute atomic E-state index is 0.104. The molecule has 3 atom stereocenters. The van der Waals surface area contributed by atoms with E-state index in [4.69, 9.17) is 4.84 Å². The van der Waals surface area contributed by atoms with Gasteiger partial charge in [0.2, 0.25) is 0 Å². The number of rotatable bonds is 7. The first kappa shape index (κ1) is 19.2. The number of carbonyl (C=O) groups is 1. The van der Waals surface area contributed by atoms with E-state index in [0.717, 1.165) is 32.1 Å². The van der Waals surface area contributed by atoms with E-state index >= 15 is 0 Å². The number of aliphatic hydroxyl groups is 1. The fourth-order valence-electron chi connectivity index (χ4n) is 4.06. The molecule has 2 rings (SSSR count). The summed E-state index contributed by atoms with van der Waals surface area (Å²) in [5.41, 5.74) is 3.53. The smallest absolute Gasteiger partial charge is 0.164 e. The van der Waals surface area contributed by atoms with Crippen LogP contribution >= 0.6 is 0 Å². The van der Waals surface area contributed by atoms with Gasteiger partial charge >= 0.3 is 0 Å². The molecule has 3 unspecified atom stereocenters. The van der Waals surface area contributed by atoms with E-state index in [1.165, 1.54) is 12.8 Å². The van der Waals surface area contributed by atoms with Crippen molar-refractivity contribution in [3.05, 3.63) is 23.5 Å². The van der Waals surface area contributed by atoms with Gasteiger partial charge in [0.05, 0.1) is 18.2 Å². The van der Waals surface area contributed by atoms with Gasteiger partial charge in [-0.2, -0.15) is 5.48 Å². The summed E-state index contributed by atoms with van der Waals surface area (Å²) in [7, 11) is 0. The van der Waals surface area contributed by atoms with E-state index in [9.17, 15) is 9.90 Å². The Morgan fingerprint density at radius 3 is 2.71 bits per heavy atom. The molecule has 0 amide bonds. The average Bonchev–Trinajstić information content (AvgIpc) is 2.51. The Morgan fingerprint density at radius 1 is 1.21 bits per heavy atom. The maximum Gasteiger partial charge on any atom is 0.164 e. The largest absolute Gasteiger partial charge is 0.512 e. The van der Waals surface area contributed by atoms with Crippen LogP contribution in [-0.4, -0.2) is 23.5 Å². The minimum Gasteiger partial charge on any atom is -0.512 e. The number of ketones is 1. The lowest BCUT2D eigenvalue weighted by Crippen LogP contribution is -2.38. The van der Waals surface area contributed by atoms with Crippen molar-refractivity contribution < 1.29 is 14.7 Å². The second kappa shape index (κ2) is 10.00. The predicted molar refractivity (Wildman–Crippen MR) is 96.6 cm³/mol. The van der Waals surface area contributed by atoms with E-state index < -0.39 is 0 Å². The zero-order chi connectivity index (χ0) is 17.4. The van der Waals surface area contributed by atoms with Gasteiger partial charge in [-0.1, -0.05) is 25.5 Å². The summed E-state index contributed by atoms with van der Waals surface area (Å²) in [6, 6.07) is -0.191. The molecular formula is C20H33NO3. The van der Waals surface area contributed by atoms with Crippen molar-refractivity contribution in [1.82, 2.24) is 5.48 Å². The van der Waals surface area contributed by atoms with Crippen LogP contribution in [0.25, 0.3) is 0 Å². The van der Waals surface area contributed by atoms with Crippen LogP contribution in [0.15, 0.2) is 23.5 Å². The predicted octanol–water partition coefficient (Wildman–Crippen LogP) is 4.62. The summed E-state index contributed by atoms with van der Waals surface area (Å²) < 4.78 is 0. The summed E-state index contributed by atoms with van der Waals surface area (Å²) in [5.74, 6) is 1.24. The Kier molecular flexibility index (Phi) is 8.00. The molecule has 0 aliphatic heterocycles. The van der Waals surface area contributed by atoms with Crippen LogP contribution in [0, 0.1) is 11.8 Å². The third-order valence-electron chi connectivity index (χ3n) is 5.29. The standard InChI is InChI=1S/C20H33NO3/c1-3-10-17(21-24-4-2)20-18(22)13-16(14-19(20)23)15-11-8-6-5-7-9-12-15/h5-6,15-17,21-22H,3-4,7-14H2,1-2H3/b6-5-. The quantitative estimate of drug-likeness (QED) is 0.526. The Bertz CT molecular complexity index is 470. The molecule has 136 valence electrons. The third kappa shape index (κ3) is 5.18. The Balaban J connectivity index is 2.08. The van der Waals surface area contributed by atoms with Crippen molar-refractivity contribution in [2.75, 3.05) is 6.61 Å². The van der Waals surface area contributed by atoms with Crippen LogP contribution in [0.2, 0.25) is 0 Å². The molecule has 0 aromatic carbocycles. The fourth-order valence-corrected chi connectivity index (χ4v) is 4.06. The Labute approximate surface area is 146 Å². The minimum atomic E-state index is -0.191. The van der Waals surface area contributed by atoms with Gasteiger partial charge in [0.25, 0.3) is 0 Å². The maximum atomic E-state index is 12.8. The van der Waals surface area contributed by atoms with Gasteiger partial charge in [-0.25, -0.2) is 0 Å². The molecule has 2 N–H and O–H groups in total. The molecule has 0 saturated heterocycles. The molecular weight excluding hydrogens is 302 g/mol. The fraction of sp³-hybridized carbons (Fsp3) is 0.750. The van der Waals surface area contributed by atoms with Crippen LogP contribution in [-0.2, 0) is 9.63 Å². The molecule has 0 radical (unpaired) electrons. The molecule has 0 bridgehead atoms. The number of nitrogens with one attached hydrogen (secondary N) is 1. The van der Waals surface area contributed by atoms with Crippen LogP contribution in [0.4, 0.5) is 0 Å². The van der Waals surface area contributed by atoms with Gasteiger partial charge in [0.1, 0.15) is 5.76 Å². The summed E-state index contributed by atoms with van der Waals surface area (Å²) in [6.07, 6.45) is 13.2. The molecule has 2 aliphatic carbocycles. The lowest BCUT2D eigenvalue weighted by molar-refractivity contribution is -0.119. The molecule has 24 heavy (non-hydrogen) atoms. The first-order valence-corrected chi connectivity index (χ1v) is 9.64. The van der Waals surface area contributed by atoms with Crippen molar-refractivity contribution in [2.45, 2.75) is 77.7 Å². The summed E-state index contributed by atoms with van der Waals surface area (Å²) in [5, 5.41) is 10.6. The highest BCUT2D eigenvalue weighted by molar-refractivity contribution is 5.98. The summed E-state index contributed by atoms with van der Waals surface area (Å²) in [4.78, 5) is 18.1. The monoisotopic (exact) mass is 335 g/mol. The van der Waals surface area contributed by atoms with E-state index in [1.807, 2.05) is 6.92 Å². The molecule has 4 heteroatoms. The number of allylic oxidation sites excluding steroid dienone is 3. The molecule has 2 aliphatic rings. The second-order valence-corrected chi connectivity index (χ2v) is 7.08. The zero-order valence-electron chi connectivity index (χ0n) is 15.2. The molecule has 0 spiro atoms. The van der Waals surface area contributed by atoms with Crippen molar-refractivity contribution >= 4 is 5.78 Å². The maximum absolute atomic E-state index is 12.8. The topological polar surface area (TPSA) is 58.6 Å². The SMILES string of the molecule is CCCC(NOCC)C1=C(O)CC(C2CC/C=C\CCC2)CC1=O. The normalized spacial score (nSPS) is 28.3. The van der Waals surface area contributed by atoms with Gasteiger partial charge in [0.15, 0.2) is 5.78 Å². The van der Waals surface area contributed by atoms with Crippen LogP contribution < -0.4 is 5.48 Å². The first-order valence-electron chi connectivity index (χ1n) is 9.64. The molecule has 0 aromatic rings. The molecule has 0 saturated carbocycles. The summed E-state index contributed by atoms with van der Waals surface area (Å²) in [6.45, 7) is 4.53. The van der Waals surface area contributed by atoms with Crippen LogP contribution in [0.5, 0.6) is 0 Å². The number of hydrogen-bond donors (Lipinski definition) is 2. The first-order chi connectivity index (χ1) is 11.7. The highest BCUT2D eigenvalue weighted by Gasteiger charge is 2.35. The summed E-state index contributed by atoms with van der Waals surface area (Å²) >= 11 is 0. The number of hydrogen-bond acceptors (Lipinski definition) is 4. The van der Waals surface area contributed by atoms with E-state index in [1.54, 1.807) is 0 Å². The molecule has 0 aromatic heterocycles. The van der Waals surface area contributed by atoms with Crippen molar-refractivity contribution in [2.24, 2.45) is 11.8 Å². The van der Waals surface area contributed by atoms with E-state index in [2.05, 4.69) is 24.6 Å². The number of aliphatic hydroxyl groups excluding tert-OH is 1. The van der Waals surface area contributed by atoms with Gasteiger partial charge in [-0.05, 0) is 57.3 Å². The van der Waals surface area contributed by atoms with E-state index in [-0.39, 0.29) is 11.8 Å². The third-order valence-corrected chi connectivity index (χ3v) is 5.29. The Morgan fingerprint density at radius 2 is 2.00 bits per heavy atom. The van der Waals surface area contributed by atoms with E-state index in [0.29, 0.717) is 42.6 Å². The lowest BCUT2D eigenvalue weighted by Gasteiger charge is -2.33. The van der Waals surface area contributed by atoms with Crippen LogP contribution in [0.1, 0.15) is 71.6 Å². The highest BCUT2D eigenvalue weighted by Crippen LogP contribution is 2.37. The number of Topliss-reactive ketones (excluding diaryl/α,β-unsaturated/α-hetero) is 1. The van der Waals surface area contributed by atoms with Crippen molar-refractivity contribution in [1.29, 1.82) is 0 Å². The van der Waals surface area contributed by atoms with Crippen LogP contribution in [0.3, 0.4) is 0 Å². The van der Waals surface area contributed by atoms with Gasteiger partial charge in [0, 0.05) is 12.8 Å². The molecule has 0 heterocycles. The number of carbonyl (C=O) groups excluding carboxylic acids is 1. The van der Waals surface area contributed by atoms with Gasteiger partial charge in [-0.3, -0.25) is 4.79 Å². The number of hydroxylamine groups is 1.